The van der Waals surface area contributed by atoms with Gasteiger partial charge in [0.1, 0.15) is 28.6 Å². The summed E-state index contributed by atoms with van der Waals surface area (Å²) in [6, 6.07) is 0. The van der Waals surface area contributed by atoms with E-state index in [0.29, 0.717) is 12.8 Å². The van der Waals surface area contributed by atoms with Crippen LogP contribution in [0.2, 0.25) is 0 Å². The van der Waals surface area contributed by atoms with E-state index in [-0.39, 0.29) is 55.4 Å². The van der Waals surface area contributed by atoms with Gasteiger partial charge in [0, 0.05) is 87.1 Å². The second kappa shape index (κ2) is 17.9. The molecule has 4 heterocycles. The standard InChI is InChI=1S/C46H62N4O11/c1-11-12-19-50-20-17-46(18-21-50)48-34-31-32-39(54)28(7)42-33(31)43(56)45(9,61-42)59-22-16-30(58-10)25(4)41(60-29(8)51)27(6)38(53)26(5)37(52)23(2)14-13-15-24(3)44(57)47-36(40(32)55)35(34)49-46/h13-16,22-23,25-27,30,37-38,41,52-55H,11-12,17-21H2,1-10H3,(H,47,57)/b14-13-,22-16-,24-15+/t23-,25-,26+,27+,30-,37-,38+,41-,45-/m0/s1. The third-order valence-electron chi connectivity index (χ3n) is 13.1. The van der Waals surface area contributed by atoms with Gasteiger partial charge >= 0.3 is 11.8 Å². The summed E-state index contributed by atoms with van der Waals surface area (Å²) in [5.74, 6) is -6.88. The minimum Gasteiger partial charge on any atom is -0.507 e. The number of likely N-dealkylation sites (tertiary alicyclic amines) is 1. The van der Waals surface area contributed by atoms with Crippen LogP contribution in [0, 0.1) is 30.6 Å². The van der Waals surface area contributed by atoms with Crippen molar-refractivity contribution < 1.29 is 53.8 Å². The average Bonchev–Trinajstić information content (AvgIpc) is 3.73. The molecule has 6 rings (SSSR count). The molecule has 2 aromatic carbocycles. The Morgan fingerprint density at radius 3 is 2.28 bits per heavy atom. The lowest BCUT2D eigenvalue weighted by atomic mass is 9.78. The van der Waals surface area contributed by atoms with E-state index in [9.17, 15) is 34.8 Å². The lowest BCUT2D eigenvalue weighted by Gasteiger charge is -2.38. The maximum atomic E-state index is 14.7. The summed E-state index contributed by atoms with van der Waals surface area (Å²) in [5.41, 5.74) is -0.552. The number of unbranched alkanes of at least 4 members (excludes halogenated alkanes) is 1. The molecule has 1 spiro atoms. The number of hydrogen-bond donors (Lipinski definition) is 5. The number of piperidine rings is 1. The number of allylic oxidation sites excluding steroid dienone is 2. The third kappa shape index (κ3) is 8.54. The van der Waals surface area contributed by atoms with Crippen molar-refractivity contribution in [1.82, 2.24) is 4.90 Å². The number of phenolic OH excluding ortho intramolecular Hbond substituents is 2. The molecular weight excluding hydrogens is 785 g/mol. The number of hydrogen-bond acceptors (Lipinski definition) is 14. The number of phenols is 2. The summed E-state index contributed by atoms with van der Waals surface area (Å²) in [6.07, 6.45) is 7.19. The van der Waals surface area contributed by atoms with E-state index >= 15 is 0 Å². The van der Waals surface area contributed by atoms with Gasteiger partial charge in [-0.25, -0.2) is 0 Å². The molecule has 9 atom stereocenters. The molecule has 61 heavy (non-hydrogen) atoms. The molecule has 0 unspecified atom stereocenters. The van der Waals surface area contributed by atoms with E-state index < -0.39 is 82.9 Å². The van der Waals surface area contributed by atoms with Gasteiger partial charge in [-0.05, 0) is 32.9 Å². The van der Waals surface area contributed by atoms with Gasteiger partial charge in [0.05, 0.1) is 40.9 Å². The number of Topliss-reactive ketones (excluding diaryl/α,β-unsaturated/α-hetero) is 1. The lowest BCUT2D eigenvalue weighted by Crippen LogP contribution is -2.46. The summed E-state index contributed by atoms with van der Waals surface area (Å²) in [4.78, 5) is 53.7. The topological polar surface area (TPSA) is 209 Å². The lowest BCUT2D eigenvalue weighted by molar-refractivity contribution is -0.160. The number of aliphatic hydroxyl groups excluding tert-OH is 2. The summed E-state index contributed by atoms with van der Waals surface area (Å²) >= 11 is 0. The number of nitrogens with one attached hydrogen (secondary N) is 1. The van der Waals surface area contributed by atoms with Crippen molar-refractivity contribution >= 4 is 34.1 Å². The van der Waals surface area contributed by atoms with Crippen LogP contribution in [-0.4, -0.2) is 106 Å². The number of methoxy groups -OCH3 is 1. The van der Waals surface area contributed by atoms with Crippen LogP contribution in [0.25, 0.3) is 10.8 Å². The van der Waals surface area contributed by atoms with E-state index in [1.165, 1.54) is 27.2 Å². The van der Waals surface area contributed by atoms with Gasteiger partial charge in [-0.15, -0.1) is 0 Å². The van der Waals surface area contributed by atoms with Crippen molar-refractivity contribution in [2.45, 2.75) is 124 Å². The molecule has 0 aromatic heterocycles. The summed E-state index contributed by atoms with van der Waals surface area (Å²) in [6.45, 7) is 17.4. The van der Waals surface area contributed by atoms with E-state index in [2.05, 4.69) is 17.1 Å². The first kappa shape index (κ1) is 45.7. The van der Waals surface area contributed by atoms with Crippen LogP contribution in [0.4, 0.5) is 5.69 Å². The van der Waals surface area contributed by atoms with Crippen LogP contribution in [-0.2, 0) is 23.8 Å². The monoisotopic (exact) mass is 846 g/mol. The fourth-order valence-electron chi connectivity index (χ4n) is 9.11. The van der Waals surface area contributed by atoms with Gasteiger partial charge in [0.25, 0.3) is 11.7 Å². The maximum absolute atomic E-state index is 14.7. The largest absolute Gasteiger partial charge is 0.507 e. The molecule has 2 aromatic rings. The summed E-state index contributed by atoms with van der Waals surface area (Å²) in [5, 5.41) is 50.2. The van der Waals surface area contributed by atoms with Crippen molar-refractivity contribution in [2.75, 3.05) is 32.1 Å². The molecular formula is C46H62N4O11. The van der Waals surface area contributed by atoms with Gasteiger partial charge in [-0.2, -0.15) is 0 Å². The molecule has 332 valence electrons. The zero-order valence-electron chi connectivity index (χ0n) is 36.9. The number of aliphatic hydroxyl groups is 2. The van der Waals surface area contributed by atoms with Crippen LogP contribution < -0.4 is 20.8 Å². The number of rotatable bonds is 5. The number of nitrogens with zero attached hydrogens (tertiary/aromatic N) is 3. The molecule has 0 saturated carbocycles. The van der Waals surface area contributed by atoms with Gasteiger partial charge in [0.2, 0.25) is 0 Å². The Morgan fingerprint density at radius 2 is 1.64 bits per heavy atom. The zero-order valence-corrected chi connectivity index (χ0v) is 36.9. The minimum absolute atomic E-state index is 0.0394. The zero-order chi connectivity index (χ0) is 44.7. The number of anilines is 1. The highest BCUT2D eigenvalue weighted by molar-refractivity contribution is 6.19. The normalized spacial score (nSPS) is 32.6. The number of benzene rings is 2. The number of ketones is 1. The fraction of sp³-hybridized carbons (Fsp3) is 0.587. The molecule has 4 aliphatic rings. The minimum atomic E-state index is -1.95. The molecule has 0 aliphatic carbocycles. The highest BCUT2D eigenvalue weighted by Crippen LogP contribution is 2.50. The Hall–Kier alpha value is -4.83. The Kier molecular flexibility index (Phi) is 13.4. The van der Waals surface area contributed by atoms with Crippen LogP contribution >= 0.6 is 0 Å². The van der Waals surface area contributed by atoms with Gasteiger partial charge in [0.15, 0.2) is 11.4 Å². The Labute approximate surface area is 356 Å². The maximum Gasteiger partial charge on any atom is 0.312 e. The van der Waals surface area contributed by atoms with Crippen LogP contribution in [0.15, 0.2) is 46.1 Å². The number of amides is 1. The first-order valence-corrected chi connectivity index (χ1v) is 21.4. The van der Waals surface area contributed by atoms with Crippen LogP contribution in [0.1, 0.15) is 97.0 Å². The average molecular weight is 847 g/mol. The number of fused-ring (bicyclic) bond motifs is 1. The third-order valence-corrected chi connectivity index (χ3v) is 13.1. The molecule has 1 fully saturated rings. The Morgan fingerprint density at radius 1 is 0.967 bits per heavy atom. The van der Waals surface area contributed by atoms with Gasteiger partial charge in [-0.3, -0.25) is 24.4 Å². The smallest absolute Gasteiger partial charge is 0.312 e. The van der Waals surface area contributed by atoms with E-state index in [1.807, 2.05) is 0 Å². The number of ether oxygens (including phenoxy) is 4. The van der Waals surface area contributed by atoms with Crippen molar-refractivity contribution in [3.63, 3.8) is 0 Å². The molecule has 1 saturated heterocycles. The number of esters is 1. The van der Waals surface area contributed by atoms with E-state index in [1.54, 1.807) is 65.8 Å². The first-order valence-electron chi connectivity index (χ1n) is 21.4. The quantitative estimate of drug-likeness (QED) is 0.201. The van der Waals surface area contributed by atoms with Crippen molar-refractivity contribution in [1.29, 1.82) is 0 Å². The highest BCUT2D eigenvalue weighted by atomic mass is 16.7. The summed E-state index contributed by atoms with van der Waals surface area (Å²) in [7, 11) is 1.47. The predicted octanol–water partition coefficient (Wildman–Crippen LogP) is 4.89. The SMILES string of the molecule is CCCCN1CCC2(CC1)N=c1c3c(O)c4c(O)c(C)c5c(c4c1=N2)C(=O)[C@@](C)(O/C=C\[C@H](OC)[C@H](C)[C@H](OC(C)=O)[C@H](C)[C@H](O)[C@H](C)[C@@H](O)[C@@H](C)/C=C\C=C(/C)C(=O)N3)O5. The predicted molar refractivity (Wildman–Crippen MR) is 228 cm³/mol. The van der Waals surface area contributed by atoms with Crippen molar-refractivity contribution in [3.05, 3.63) is 58.0 Å². The van der Waals surface area contributed by atoms with Gasteiger partial charge in [-0.1, -0.05) is 59.3 Å². The molecule has 1 amide bonds. The molecule has 5 N–H and O–H groups in total. The van der Waals surface area contributed by atoms with Crippen LogP contribution in [0.3, 0.4) is 0 Å². The van der Waals surface area contributed by atoms with Crippen molar-refractivity contribution in [3.8, 4) is 17.2 Å². The number of carbonyl (C=O) groups is 3. The van der Waals surface area contributed by atoms with Crippen LogP contribution in [0.5, 0.6) is 17.2 Å². The summed E-state index contributed by atoms with van der Waals surface area (Å²) < 4.78 is 24.0. The fourth-order valence-corrected chi connectivity index (χ4v) is 9.11. The molecule has 15 heteroatoms. The molecule has 0 radical (unpaired) electrons. The van der Waals surface area contributed by atoms with Crippen molar-refractivity contribution in [2.24, 2.45) is 33.7 Å². The van der Waals surface area contributed by atoms with E-state index in [0.717, 1.165) is 32.5 Å². The molecule has 15 nitrogen and oxygen atoms in total. The van der Waals surface area contributed by atoms with Gasteiger partial charge < -0.3 is 49.6 Å². The second-order valence-electron chi connectivity index (χ2n) is 17.5. The second-order valence-corrected chi connectivity index (χ2v) is 17.5. The first-order chi connectivity index (χ1) is 28.8. The number of aromatic hydroxyl groups is 2. The Bertz CT molecular complexity index is 2280. The molecule has 4 aliphatic heterocycles. The highest BCUT2D eigenvalue weighted by Gasteiger charge is 2.50. The molecule has 4 bridgehead atoms. The van der Waals surface area contributed by atoms with E-state index in [4.69, 9.17) is 28.9 Å². The Balaban J connectivity index is 1.53. The number of carbonyl (C=O) groups excluding carboxylic acids is 3.